The summed E-state index contributed by atoms with van der Waals surface area (Å²) in [5, 5.41) is 0. The highest BCUT2D eigenvalue weighted by atomic mass is 16.5. The van der Waals surface area contributed by atoms with E-state index in [-0.39, 0.29) is 0 Å². The van der Waals surface area contributed by atoms with E-state index < -0.39 is 5.91 Å². The van der Waals surface area contributed by atoms with Crippen LogP contribution in [0.25, 0.3) is 0 Å². The second kappa shape index (κ2) is 3.97. The van der Waals surface area contributed by atoms with Gasteiger partial charge in [-0.25, -0.2) is 5.84 Å². The average molecular weight is 195 g/mol. The van der Waals surface area contributed by atoms with Crippen LogP contribution in [0.1, 0.15) is 15.9 Å². The Hall–Kier alpha value is -1.75. The number of carbonyl (C=O) groups is 1. The van der Waals surface area contributed by atoms with Crippen molar-refractivity contribution in [2.45, 2.75) is 6.92 Å². The molecule has 5 N–H and O–H groups in total. The first-order chi connectivity index (χ1) is 6.61. The van der Waals surface area contributed by atoms with Crippen molar-refractivity contribution in [1.29, 1.82) is 0 Å². The number of hydrogen-bond acceptors (Lipinski definition) is 4. The van der Waals surface area contributed by atoms with Gasteiger partial charge in [0, 0.05) is 11.3 Å². The smallest absolute Gasteiger partial charge is 0.267 e. The fourth-order valence-corrected chi connectivity index (χ4v) is 1.31. The van der Waals surface area contributed by atoms with Crippen LogP contribution in [-0.2, 0) is 0 Å². The fourth-order valence-electron chi connectivity index (χ4n) is 1.31. The van der Waals surface area contributed by atoms with Crippen molar-refractivity contribution in [1.82, 2.24) is 5.43 Å². The number of nitrogens with one attached hydrogen (secondary N) is 1. The van der Waals surface area contributed by atoms with Gasteiger partial charge in [-0.2, -0.15) is 0 Å². The Kier molecular flexibility index (Phi) is 2.93. The van der Waals surface area contributed by atoms with Gasteiger partial charge in [-0.15, -0.1) is 0 Å². The Morgan fingerprint density at radius 3 is 2.64 bits per heavy atom. The largest absolute Gasteiger partial charge is 0.496 e. The molecule has 0 heterocycles. The fraction of sp³-hybridized carbons (Fsp3) is 0.222. The molecule has 0 saturated heterocycles. The van der Waals surface area contributed by atoms with Crippen LogP contribution in [0.3, 0.4) is 0 Å². The van der Waals surface area contributed by atoms with Gasteiger partial charge in [0.05, 0.1) is 12.7 Å². The summed E-state index contributed by atoms with van der Waals surface area (Å²) in [5.41, 5.74) is 9.10. The standard InChI is InChI=1S/C9H13N3O2/c1-5-7(14-2)4-3-6(10)8(5)9(13)12-11/h3-4H,10-11H2,1-2H3,(H,12,13). The third-order valence-corrected chi connectivity index (χ3v) is 2.03. The average Bonchev–Trinajstić information content (AvgIpc) is 2.18. The summed E-state index contributed by atoms with van der Waals surface area (Å²) in [4.78, 5) is 11.4. The van der Waals surface area contributed by atoms with Gasteiger partial charge in [0.2, 0.25) is 0 Å². The number of carbonyl (C=O) groups excluding carboxylic acids is 1. The third-order valence-electron chi connectivity index (χ3n) is 2.03. The molecule has 0 aliphatic rings. The van der Waals surface area contributed by atoms with Crippen LogP contribution in [0.5, 0.6) is 5.75 Å². The van der Waals surface area contributed by atoms with E-state index in [1.165, 1.54) is 7.11 Å². The summed E-state index contributed by atoms with van der Waals surface area (Å²) in [6, 6.07) is 3.31. The molecule has 1 amide bonds. The number of methoxy groups -OCH3 is 1. The van der Waals surface area contributed by atoms with E-state index in [2.05, 4.69) is 0 Å². The molecule has 0 unspecified atom stereocenters. The highest BCUT2D eigenvalue weighted by molar-refractivity contribution is 6.00. The lowest BCUT2D eigenvalue weighted by molar-refractivity contribution is 0.0953. The van der Waals surface area contributed by atoms with Gasteiger partial charge in [0.1, 0.15) is 5.75 Å². The maximum Gasteiger partial charge on any atom is 0.267 e. The number of hydrogen-bond donors (Lipinski definition) is 3. The maximum absolute atomic E-state index is 11.4. The molecule has 0 atom stereocenters. The normalized spacial score (nSPS) is 9.64. The van der Waals surface area contributed by atoms with Crippen molar-refractivity contribution in [2.24, 2.45) is 5.84 Å². The van der Waals surface area contributed by atoms with Crippen molar-refractivity contribution < 1.29 is 9.53 Å². The van der Waals surface area contributed by atoms with Crippen LogP contribution in [0.4, 0.5) is 5.69 Å². The second-order valence-corrected chi connectivity index (χ2v) is 2.83. The molecule has 0 aliphatic carbocycles. The molecule has 5 nitrogen and oxygen atoms in total. The molecule has 0 aromatic heterocycles. The number of nitrogens with two attached hydrogens (primary N) is 2. The lowest BCUT2D eigenvalue weighted by Crippen LogP contribution is -2.31. The number of amides is 1. The van der Waals surface area contributed by atoms with E-state index in [4.69, 9.17) is 16.3 Å². The zero-order valence-electron chi connectivity index (χ0n) is 8.13. The van der Waals surface area contributed by atoms with Crippen molar-refractivity contribution in [3.05, 3.63) is 23.3 Å². The molecular formula is C9H13N3O2. The monoisotopic (exact) mass is 195 g/mol. The van der Waals surface area contributed by atoms with Gasteiger partial charge >= 0.3 is 0 Å². The number of anilines is 1. The Balaban J connectivity index is 3.32. The predicted octanol–water partition coefficient (Wildman–Crippen LogP) is 0.189. The van der Waals surface area contributed by atoms with Crippen LogP contribution >= 0.6 is 0 Å². The van der Waals surface area contributed by atoms with Crippen LogP contribution in [-0.4, -0.2) is 13.0 Å². The zero-order valence-corrected chi connectivity index (χ0v) is 8.13. The molecule has 1 aromatic rings. The highest BCUT2D eigenvalue weighted by Gasteiger charge is 2.14. The molecule has 76 valence electrons. The van der Waals surface area contributed by atoms with Crippen molar-refractivity contribution in [3.8, 4) is 5.75 Å². The number of benzene rings is 1. The first-order valence-electron chi connectivity index (χ1n) is 4.05. The van der Waals surface area contributed by atoms with Gasteiger partial charge in [-0.05, 0) is 19.1 Å². The van der Waals surface area contributed by atoms with Gasteiger partial charge < -0.3 is 10.5 Å². The second-order valence-electron chi connectivity index (χ2n) is 2.83. The number of ether oxygens (including phenoxy) is 1. The van der Waals surface area contributed by atoms with Gasteiger partial charge in [0.15, 0.2) is 0 Å². The molecule has 5 heteroatoms. The first kappa shape index (κ1) is 10.3. The molecule has 0 bridgehead atoms. The topological polar surface area (TPSA) is 90.4 Å². The quantitative estimate of drug-likeness (QED) is 0.272. The molecule has 0 saturated carbocycles. The lowest BCUT2D eigenvalue weighted by atomic mass is 10.1. The van der Waals surface area contributed by atoms with E-state index in [0.717, 1.165) is 0 Å². The minimum atomic E-state index is -0.418. The summed E-state index contributed by atoms with van der Waals surface area (Å²) in [6.07, 6.45) is 0. The predicted molar refractivity (Wildman–Crippen MR) is 53.8 cm³/mol. The molecule has 14 heavy (non-hydrogen) atoms. The Morgan fingerprint density at radius 1 is 1.50 bits per heavy atom. The van der Waals surface area contributed by atoms with Crippen LogP contribution in [0.15, 0.2) is 12.1 Å². The number of rotatable bonds is 2. The minimum absolute atomic E-state index is 0.354. The highest BCUT2D eigenvalue weighted by Crippen LogP contribution is 2.25. The molecule has 1 rings (SSSR count). The van der Waals surface area contributed by atoms with Gasteiger partial charge in [0.25, 0.3) is 5.91 Å². The molecule has 0 spiro atoms. The molecular weight excluding hydrogens is 182 g/mol. The molecule has 1 aromatic carbocycles. The summed E-state index contributed by atoms with van der Waals surface area (Å²) < 4.78 is 5.06. The zero-order chi connectivity index (χ0) is 10.7. The van der Waals surface area contributed by atoms with Gasteiger partial charge in [-0.1, -0.05) is 0 Å². The van der Waals surface area contributed by atoms with Crippen molar-refractivity contribution in [3.63, 3.8) is 0 Å². The summed E-state index contributed by atoms with van der Waals surface area (Å²) in [7, 11) is 1.53. The van der Waals surface area contributed by atoms with Gasteiger partial charge in [-0.3, -0.25) is 10.2 Å². The molecule has 0 radical (unpaired) electrons. The van der Waals surface area contributed by atoms with E-state index in [1.54, 1.807) is 19.1 Å². The SMILES string of the molecule is COc1ccc(N)c(C(=O)NN)c1C. The van der Waals surface area contributed by atoms with E-state index >= 15 is 0 Å². The summed E-state index contributed by atoms with van der Waals surface area (Å²) in [6.45, 7) is 1.75. The van der Waals surface area contributed by atoms with E-state index in [0.29, 0.717) is 22.6 Å². The number of nitrogen functional groups attached to an aromatic ring is 2. The Bertz CT molecular complexity index is 363. The minimum Gasteiger partial charge on any atom is -0.496 e. The van der Waals surface area contributed by atoms with Crippen LogP contribution < -0.4 is 21.7 Å². The van der Waals surface area contributed by atoms with E-state index in [9.17, 15) is 4.79 Å². The van der Waals surface area contributed by atoms with Crippen molar-refractivity contribution >= 4 is 11.6 Å². The first-order valence-corrected chi connectivity index (χ1v) is 4.05. The van der Waals surface area contributed by atoms with E-state index in [1.807, 2.05) is 5.43 Å². The summed E-state index contributed by atoms with van der Waals surface area (Å²) >= 11 is 0. The van der Waals surface area contributed by atoms with Crippen LogP contribution in [0.2, 0.25) is 0 Å². The molecule has 0 aliphatic heterocycles. The third kappa shape index (κ3) is 1.62. The van der Waals surface area contributed by atoms with Crippen LogP contribution in [0, 0.1) is 6.92 Å². The lowest BCUT2D eigenvalue weighted by Gasteiger charge is -2.11. The number of hydrazine groups is 1. The Labute approximate surface area is 82.0 Å². The maximum atomic E-state index is 11.4. The van der Waals surface area contributed by atoms with Crippen molar-refractivity contribution in [2.75, 3.05) is 12.8 Å². The summed E-state index contributed by atoms with van der Waals surface area (Å²) in [5.74, 6) is 5.23. The Morgan fingerprint density at radius 2 is 2.14 bits per heavy atom. The molecule has 0 fully saturated rings.